The molecule has 2 atom stereocenters. The third-order valence-electron chi connectivity index (χ3n) is 2.86. The molecule has 0 aliphatic rings. The summed E-state index contributed by atoms with van der Waals surface area (Å²) < 4.78 is 0. The predicted molar refractivity (Wildman–Crippen MR) is 62.3 cm³/mol. The average Bonchev–Trinajstić information content (AvgIpc) is 2.24. The largest absolute Gasteiger partial charge is 0.481 e. The second-order valence-electron chi connectivity index (χ2n) is 4.19. The fourth-order valence-corrected chi connectivity index (χ4v) is 1.17. The second-order valence-corrected chi connectivity index (χ2v) is 4.19. The van der Waals surface area contributed by atoms with Gasteiger partial charge in [0.25, 0.3) is 0 Å². The zero-order chi connectivity index (χ0) is 12.7. The van der Waals surface area contributed by atoms with Gasteiger partial charge in [-0.3, -0.25) is 4.79 Å². The summed E-state index contributed by atoms with van der Waals surface area (Å²) in [7, 11) is 1.60. The van der Waals surface area contributed by atoms with E-state index in [1.807, 2.05) is 6.92 Å². The molecule has 2 unspecified atom stereocenters. The van der Waals surface area contributed by atoms with Crippen LogP contribution in [0.3, 0.4) is 0 Å². The Hall–Kier alpha value is -1.26. The molecule has 0 radical (unpaired) electrons. The van der Waals surface area contributed by atoms with E-state index < -0.39 is 5.97 Å². The maximum atomic E-state index is 11.6. The van der Waals surface area contributed by atoms with Gasteiger partial charge >= 0.3 is 12.0 Å². The number of aliphatic carboxylic acids is 1. The van der Waals surface area contributed by atoms with Crippen LogP contribution in [0.25, 0.3) is 0 Å². The molecule has 2 N–H and O–H groups in total. The molecule has 2 amide bonds. The third kappa shape index (κ3) is 5.58. The summed E-state index contributed by atoms with van der Waals surface area (Å²) >= 11 is 0. The van der Waals surface area contributed by atoms with Crippen molar-refractivity contribution in [2.24, 2.45) is 5.92 Å². The van der Waals surface area contributed by atoms with Crippen LogP contribution in [0.5, 0.6) is 0 Å². The summed E-state index contributed by atoms with van der Waals surface area (Å²) in [5, 5.41) is 11.3. The predicted octanol–water partition coefficient (Wildman–Crippen LogP) is 1.54. The van der Waals surface area contributed by atoms with Crippen molar-refractivity contribution < 1.29 is 14.7 Å². The number of carboxylic acid groups (broad SMARTS) is 1. The Kier molecular flexibility index (Phi) is 6.53. The number of hydrogen-bond acceptors (Lipinski definition) is 2. The average molecular weight is 230 g/mol. The van der Waals surface area contributed by atoms with Gasteiger partial charge in [-0.25, -0.2) is 4.79 Å². The Morgan fingerprint density at radius 1 is 1.38 bits per heavy atom. The summed E-state index contributed by atoms with van der Waals surface area (Å²) in [5.74, 6) is -0.480. The standard InChI is InChI=1S/C11H22N2O3/c1-5-8(2)9(3)12-11(16)13(4)7-6-10(14)15/h8-9H,5-7H2,1-4H3,(H,12,16)(H,14,15). The van der Waals surface area contributed by atoms with E-state index in [4.69, 9.17) is 5.11 Å². The second kappa shape index (κ2) is 7.09. The molecule has 0 saturated heterocycles. The number of carboxylic acids is 1. The molecule has 16 heavy (non-hydrogen) atoms. The quantitative estimate of drug-likeness (QED) is 0.727. The Morgan fingerprint density at radius 2 is 1.94 bits per heavy atom. The first-order valence-corrected chi connectivity index (χ1v) is 5.61. The van der Waals surface area contributed by atoms with Crippen LogP contribution in [-0.4, -0.2) is 41.6 Å². The molecule has 0 aromatic carbocycles. The lowest BCUT2D eigenvalue weighted by molar-refractivity contribution is -0.137. The van der Waals surface area contributed by atoms with Gasteiger partial charge in [0, 0.05) is 19.6 Å². The number of carbonyl (C=O) groups is 2. The van der Waals surface area contributed by atoms with Crippen LogP contribution < -0.4 is 5.32 Å². The molecule has 0 aromatic rings. The normalized spacial score (nSPS) is 14.0. The molecule has 0 heterocycles. The minimum Gasteiger partial charge on any atom is -0.481 e. The van der Waals surface area contributed by atoms with Gasteiger partial charge < -0.3 is 15.3 Å². The van der Waals surface area contributed by atoms with E-state index in [1.165, 1.54) is 4.90 Å². The Labute approximate surface area is 96.8 Å². The van der Waals surface area contributed by atoms with Crippen molar-refractivity contribution in [3.8, 4) is 0 Å². The Bertz CT molecular complexity index is 243. The van der Waals surface area contributed by atoms with Crippen molar-refractivity contribution in [2.75, 3.05) is 13.6 Å². The minimum atomic E-state index is -0.894. The van der Waals surface area contributed by atoms with E-state index >= 15 is 0 Å². The van der Waals surface area contributed by atoms with E-state index in [2.05, 4.69) is 19.2 Å². The number of rotatable bonds is 6. The number of nitrogens with one attached hydrogen (secondary N) is 1. The van der Waals surface area contributed by atoms with Crippen molar-refractivity contribution in [1.82, 2.24) is 10.2 Å². The van der Waals surface area contributed by atoms with E-state index in [0.717, 1.165) is 6.42 Å². The van der Waals surface area contributed by atoms with Gasteiger partial charge in [-0.1, -0.05) is 20.3 Å². The lowest BCUT2D eigenvalue weighted by Crippen LogP contribution is -2.44. The molecule has 5 nitrogen and oxygen atoms in total. The molecular formula is C11H22N2O3. The third-order valence-corrected chi connectivity index (χ3v) is 2.86. The van der Waals surface area contributed by atoms with E-state index in [9.17, 15) is 9.59 Å². The maximum absolute atomic E-state index is 11.6. The molecule has 0 aliphatic heterocycles. The van der Waals surface area contributed by atoms with Gasteiger partial charge in [0.15, 0.2) is 0 Å². The Balaban J connectivity index is 4.00. The molecule has 0 spiro atoms. The molecule has 0 saturated carbocycles. The zero-order valence-electron chi connectivity index (χ0n) is 10.5. The van der Waals surface area contributed by atoms with E-state index in [-0.39, 0.29) is 25.0 Å². The zero-order valence-corrected chi connectivity index (χ0v) is 10.5. The van der Waals surface area contributed by atoms with Crippen molar-refractivity contribution >= 4 is 12.0 Å². The number of hydrogen-bond donors (Lipinski definition) is 2. The number of nitrogens with zero attached hydrogens (tertiary/aromatic N) is 1. The van der Waals surface area contributed by atoms with Gasteiger partial charge in [0.1, 0.15) is 0 Å². The molecular weight excluding hydrogens is 208 g/mol. The van der Waals surface area contributed by atoms with Crippen LogP contribution in [0.2, 0.25) is 0 Å². The highest BCUT2D eigenvalue weighted by Gasteiger charge is 2.16. The van der Waals surface area contributed by atoms with Crippen LogP contribution in [0.4, 0.5) is 4.79 Å². The molecule has 0 aliphatic carbocycles. The monoisotopic (exact) mass is 230 g/mol. The fraction of sp³-hybridized carbons (Fsp3) is 0.818. The minimum absolute atomic E-state index is 0.0262. The molecule has 0 bridgehead atoms. The first-order valence-electron chi connectivity index (χ1n) is 5.61. The van der Waals surface area contributed by atoms with Gasteiger partial charge in [0.05, 0.1) is 6.42 Å². The SMILES string of the molecule is CCC(C)C(C)NC(=O)N(C)CCC(=O)O. The first-order chi connectivity index (χ1) is 7.38. The number of carbonyl (C=O) groups excluding carboxylic acids is 1. The smallest absolute Gasteiger partial charge is 0.317 e. The van der Waals surface area contributed by atoms with Gasteiger partial charge in [-0.15, -0.1) is 0 Å². The number of urea groups is 1. The number of amides is 2. The van der Waals surface area contributed by atoms with Crippen molar-refractivity contribution in [1.29, 1.82) is 0 Å². The molecule has 5 heteroatoms. The summed E-state index contributed by atoms with van der Waals surface area (Å²) in [4.78, 5) is 23.3. The lowest BCUT2D eigenvalue weighted by Gasteiger charge is -2.24. The van der Waals surface area contributed by atoms with Gasteiger partial charge in [-0.05, 0) is 12.8 Å². The van der Waals surface area contributed by atoms with Crippen LogP contribution in [0.1, 0.15) is 33.6 Å². The maximum Gasteiger partial charge on any atom is 0.317 e. The highest BCUT2D eigenvalue weighted by Crippen LogP contribution is 2.06. The van der Waals surface area contributed by atoms with Crippen molar-refractivity contribution in [2.45, 2.75) is 39.7 Å². The highest BCUT2D eigenvalue weighted by atomic mass is 16.4. The van der Waals surface area contributed by atoms with Gasteiger partial charge in [0.2, 0.25) is 0 Å². The molecule has 0 aromatic heterocycles. The molecule has 0 fully saturated rings. The summed E-state index contributed by atoms with van der Waals surface area (Å²) in [5.41, 5.74) is 0. The fourth-order valence-electron chi connectivity index (χ4n) is 1.17. The topological polar surface area (TPSA) is 69.6 Å². The lowest BCUT2D eigenvalue weighted by atomic mass is 10.0. The van der Waals surface area contributed by atoms with Gasteiger partial charge in [-0.2, -0.15) is 0 Å². The van der Waals surface area contributed by atoms with Crippen molar-refractivity contribution in [3.63, 3.8) is 0 Å². The first kappa shape index (κ1) is 14.7. The Morgan fingerprint density at radius 3 is 2.38 bits per heavy atom. The van der Waals surface area contributed by atoms with Crippen LogP contribution in [-0.2, 0) is 4.79 Å². The van der Waals surface area contributed by atoms with Crippen LogP contribution in [0.15, 0.2) is 0 Å². The summed E-state index contributed by atoms with van der Waals surface area (Å²) in [6.45, 7) is 6.33. The molecule has 94 valence electrons. The van der Waals surface area contributed by atoms with Crippen molar-refractivity contribution in [3.05, 3.63) is 0 Å². The summed E-state index contributed by atoms with van der Waals surface area (Å²) in [6.07, 6.45) is 0.974. The van der Waals surface area contributed by atoms with E-state index in [0.29, 0.717) is 5.92 Å². The van der Waals surface area contributed by atoms with Crippen LogP contribution >= 0.6 is 0 Å². The molecule has 0 rings (SSSR count). The van der Waals surface area contributed by atoms with E-state index in [1.54, 1.807) is 7.05 Å². The van der Waals surface area contributed by atoms with Crippen LogP contribution in [0, 0.1) is 5.92 Å². The highest BCUT2D eigenvalue weighted by molar-refractivity contribution is 5.75. The summed E-state index contributed by atoms with van der Waals surface area (Å²) in [6, 6.07) is -0.112.